The molecule has 0 saturated carbocycles. The fourth-order valence-electron chi connectivity index (χ4n) is 3.24. The highest BCUT2D eigenvalue weighted by atomic mass is 16.5. The predicted molar refractivity (Wildman–Crippen MR) is 92.6 cm³/mol. The molecule has 1 saturated heterocycles. The Bertz CT molecular complexity index is 902. The second kappa shape index (κ2) is 7.10. The zero-order valence-corrected chi connectivity index (χ0v) is 14.7. The van der Waals surface area contributed by atoms with Crippen molar-refractivity contribution in [1.29, 1.82) is 0 Å². The third kappa shape index (κ3) is 3.17. The number of hydrogen-bond acceptors (Lipinski definition) is 9. The van der Waals surface area contributed by atoms with Crippen LogP contribution in [-0.2, 0) is 4.74 Å². The minimum atomic E-state index is -1.69. The summed E-state index contributed by atoms with van der Waals surface area (Å²) in [5.74, 6) is -0.953. The molecule has 1 aromatic carbocycles. The molecule has 0 aliphatic carbocycles. The van der Waals surface area contributed by atoms with E-state index in [0.29, 0.717) is 0 Å². The van der Waals surface area contributed by atoms with Gasteiger partial charge >= 0.3 is 0 Å². The smallest absolute Gasteiger partial charge is 0.196 e. The number of aliphatic hydroxyl groups excluding tert-OH is 4. The second-order valence-corrected chi connectivity index (χ2v) is 6.95. The van der Waals surface area contributed by atoms with Gasteiger partial charge in [0, 0.05) is 18.1 Å². The van der Waals surface area contributed by atoms with Gasteiger partial charge in [-0.2, -0.15) is 0 Å². The molecular formula is C18H22O9. The van der Waals surface area contributed by atoms with Gasteiger partial charge in [0.1, 0.15) is 53.2 Å². The van der Waals surface area contributed by atoms with Gasteiger partial charge in [0.15, 0.2) is 11.0 Å². The predicted octanol–water partition coefficient (Wildman–Crippen LogP) is -0.158. The maximum absolute atomic E-state index is 12.5. The van der Waals surface area contributed by atoms with Gasteiger partial charge in [-0.15, -0.1) is 0 Å². The molecule has 3 rings (SSSR count). The lowest BCUT2D eigenvalue weighted by Gasteiger charge is -2.40. The van der Waals surface area contributed by atoms with Crippen molar-refractivity contribution in [3.05, 3.63) is 33.7 Å². The fraction of sp³-hybridized carbons (Fsp3) is 0.500. The summed E-state index contributed by atoms with van der Waals surface area (Å²) < 4.78 is 11.2. The van der Waals surface area contributed by atoms with E-state index < -0.39 is 54.1 Å². The van der Waals surface area contributed by atoms with E-state index in [1.54, 1.807) is 13.8 Å². The number of aromatic hydroxyl groups is 2. The molecule has 5 atom stereocenters. The molecule has 148 valence electrons. The Morgan fingerprint density at radius 2 is 1.70 bits per heavy atom. The van der Waals surface area contributed by atoms with E-state index in [2.05, 4.69) is 0 Å². The number of ether oxygens (including phenoxy) is 1. The van der Waals surface area contributed by atoms with Crippen molar-refractivity contribution in [2.75, 3.05) is 6.61 Å². The lowest BCUT2D eigenvalue weighted by atomic mass is 9.89. The van der Waals surface area contributed by atoms with Crippen LogP contribution < -0.4 is 5.43 Å². The molecule has 1 aromatic heterocycles. The normalized spacial score (nSPS) is 28.8. The zero-order chi connectivity index (χ0) is 20.0. The van der Waals surface area contributed by atoms with Crippen LogP contribution in [-0.4, -0.2) is 61.7 Å². The van der Waals surface area contributed by atoms with Gasteiger partial charge in [-0.05, 0) is 0 Å². The summed E-state index contributed by atoms with van der Waals surface area (Å²) in [7, 11) is 0. The number of aliphatic hydroxyl groups is 4. The van der Waals surface area contributed by atoms with E-state index in [4.69, 9.17) is 9.15 Å². The molecular weight excluding hydrogens is 360 g/mol. The minimum absolute atomic E-state index is 0.167. The van der Waals surface area contributed by atoms with Crippen LogP contribution in [0, 0.1) is 0 Å². The number of hydrogen-bond donors (Lipinski definition) is 6. The molecule has 1 aliphatic rings. The number of rotatable bonds is 3. The average Bonchev–Trinajstić information content (AvgIpc) is 2.60. The molecule has 27 heavy (non-hydrogen) atoms. The molecule has 9 nitrogen and oxygen atoms in total. The Balaban J connectivity index is 2.28. The van der Waals surface area contributed by atoms with Crippen LogP contribution in [0.25, 0.3) is 11.0 Å². The molecule has 0 amide bonds. The van der Waals surface area contributed by atoms with Crippen LogP contribution >= 0.6 is 0 Å². The lowest BCUT2D eigenvalue weighted by molar-refractivity contribution is -0.231. The molecule has 9 heteroatoms. The van der Waals surface area contributed by atoms with Crippen molar-refractivity contribution in [3.63, 3.8) is 0 Å². The second-order valence-electron chi connectivity index (χ2n) is 6.95. The maximum atomic E-state index is 12.5. The number of benzene rings is 1. The summed E-state index contributed by atoms with van der Waals surface area (Å²) in [6, 6.07) is 2.13. The van der Waals surface area contributed by atoms with E-state index in [1.165, 1.54) is 6.07 Å². The van der Waals surface area contributed by atoms with Crippen LogP contribution in [0.15, 0.2) is 21.3 Å². The van der Waals surface area contributed by atoms with Crippen LogP contribution in [0.1, 0.15) is 37.2 Å². The fourth-order valence-corrected chi connectivity index (χ4v) is 3.24. The third-order valence-electron chi connectivity index (χ3n) is 4.76. The molecule has 1 aliphatic heterocycles. The summed E-state index contributed by atoms with van der Waals surface area (Å²) in [6.07, 6.45) is -7.57. The van der Waals surface area contributed by atoms with Crippen molar-refractivity contribution in [2.24, 2.45) is 0 Å². The zero-order valence-electron chi connectivity index (χ0n) is 14.7. The van der Waals surface area contributed by atoms with E-state index >= 15 is 0 Å². The molecule has 1 fully saturated rings. The van der Waals surface area contributed by atoms with Crippen LogP contribution in [0.4, 0.5) is 0 Å². The van der Waals surface area contributed by atoms with E-state index in [1.807, 2.05) is 0 Å². The van der Waals surface area contributed by atoms with Gasteiger partial charge in [-0.25, -0.2) is 0 Å². The number of fused-ring (bicyclic) bond motifs is 1. The Morgan fingerprint density at radius 1 is 1.04 bits per heavy atom. The number of phenols is 2. The van der Waals surface area contributed by atoms with E-state index in [0.717, 1.165) is 6.07 Å². The van der Waals surface area contributed by atoms with Crippen molar-refractivity contribution in [3.8, 4) is 11.5 Å². The summed E-state index contributed by atoms with van der Waals surface area (Å²) in [5, 5.41) is 59.9. The van der Waals surface area contributed by atoms with Crippen LogP contribution in [0.2, 0.25) is 0 Å². The van der Waals surface area contributed by atoms with Crippen molar-refractivity contribution in [1.82, 2.24) is 0 Å². The van der Waals surface area contributed by atoms with Gasteiger partial charge in [0.2, 0.25) is 0 Å². The monoisotopic (exact) mass is 382 g/mol. The third-order valence-corrected chi connectivity index (χ3v) is 4.76. The molecule has 2 heterocycles. The molecule has 0 bridgehead atoms. The maximum Gasteiger partial charge on any atom is 0.196 e. The highest BCUT2D eigenvalue weighted by Gasteiger charge is 2.46. The van der Waals surface area contributed by atoms with Crippen molar-refractivity contribution < 1.29 is 39.8 Å². The topological polar surface area (TPSA) is 161 Å². The first-order valence-electron chi connectivity index (χ1n) is 8.50. The van der Waals surface area contributed by atoms with Crippen molar-refractivity contribution in [2.45, 2.75) is 50.3 Å². The first kappa shape index (κ1) is 19.6. The minimum Gasteiger partial charge on any atom is -0.507 e. The van der Waals surface area contributed by atoms with Crippen molar-refractivity contribution >= 4 is 11.0 Å². The summed E-state index contributed by atoms with van der Waals surface area (Å²) in [5.41, 5.74) is -0.921. The van der Waals surface area contributed by atoms with Gasteiger partial charge in [-0.3, -0.25) is 4.79 Å². The standard InChI is InChI=1S/C18H22O9/c1-6(2)10-4-9(22)12-7(20)3-8(21)13(17(12)26-10)18-16(25)15(24)14(23)11(5-19)27-18/h3-4,6,11,14-16,18-21,23-25H,5H2,1-2H3/t11-,14+,15-,16-,18+/m1/s1. The quantitative estimate of drug-likeness (QED) is 0.424. The molecule has 0 radical (unpaired) electrons. The molecule has 0 unspecified atom stereocenters. The summed E-state index contributed by atoms with van der Waals surface area (Å²) >= 11 is 0. The van der Waals surface area contributed by atoms with Crippen LogP contribution in [0.3, 0.4) is 0 Å². The molecule has 2 aromatic rings. The van der Waals surface area contributed by atoms with Gasteiger partial charge in [0.25, 0.3) is 0 Å². The SMILES string of the molecule is CC(C)c1cc(=O)c2c(O)cc(O)c([C@@H]3O[C@H](CO)[C@H](O)[C@@H](O)[C@H]3O)c2o1. The van der Waals surface area contributed by atoms with Crippen LogP contribution in [0.5, 0.6) is 11.5 Å². The average molecular weight is 382 g/mol. The highest BCUT2D eigenvalue weighted by Crippen LogP contribution is 2.43. The van der Waals surface area contributed by atoms with Gasteiger partial charge < -0.3 is 39.8 Å². The van der Waals surface area contributed by atoms with E-state index in [9.17, 15) is 35.4 Å². The summed E-state index contributed by atoms with van der Waals surface area (Å²) in [6.45, 7) is 2.90. The Kier molecular flexibility index (Phi) is 5.15. The lowest BCUT2D eigenvalue weighted by Crippen LogP contribution is -2.55. The largest absolute Gasteiger partial charge is 0.507 e. The van der Waals surface area contributed by atoms with E-state index in [-0.39, 0.29) is 28.2 Å². The Morgan fingerprint density at radius 3 is 2.30 bits per heavy atom. The molecule has 0 spiro atoms. The van der Waals surface area contributed by atoms with Gasteiger partial charge in [0.05, 0.1) is 12.2 Å². The molecule has 6 N–H and O–H groups in total. The Labute approximate surface area is 153 Å². The first-order valence-corrected chi connectivity index (χ1v) is 8.50. The summed E-state index contributed by atoms with van der Waals surface area (Å²) in [4.78, 5) is 12.5. The first-order chi connectivity index (χ1) is 12.7. The number of phenolic OH excluding ortho intramolecular Hbond substituents is 2. The Hall–Kier alpha value is -2.17. The van der Waals surface area contributed by atoms with Gasteiger partial charge in [-0.1, -0.05) is 13.8 Å². The highest BCUT2D eigenvalue weighted by molar-refractivity contribution is 5.88.